The van der Waals surface area contributed by atoms with Gasteiger partial charge >= 0.3 is 5.88 Å². The Kier molecular flexibility index (Phi) is 2.80. The molecule has 92 valence electrons. The predicted octanol–water partition coefficient (Wildman–Crippen LogP) is 2.09. The minimum Gasteiger partial charge on any atom is -0.395 e. The second-order valence-corrected chi connectivity index (χ2v) is 3.46. The van der Waals surface area contributed by atoms with Gasteiger partial charge in [0.25, 0.3) is 5.91 Å². The van der Waals surface area contributed by atoms with E-state index in [4.69, 9.17) is 10.2 Å². The summed E-state index contributed by atoms with van der Waals surface area (Å²) < 4.78 is 17.5. The molecular formula is C11H7FN2O4. The van der Waals surface area contributed by atoms with Gasteiger partial charge in [-0.05, 0) is 17.7 Å². The van der Waals surface area contributed by atoms with E-state index in [9.17, 15) is 19.3 Å². The van der Waals surface area contributed by atoms with Crippen LogP contribution < -0.4 is 5.73 Å². The van der Waals surface area contributed by atoms with Crippen LogP contribution in [0.3, 0.4) is 0 Å². The molecule has 0 fully saturated rings. The van der Waals surface area contributed by atoms with Crippen LogP contribution in [0.25, 0.3) is 11.1 Å². The molecule has 1 aromatic carbocycles. The van der Waals surface area contributed by atoms with Gasteiger partial charge in [0.05, 0.1) is 6.07 Å². The zero-order chi connectivity index (χ0) is 13.3. The van der Waals surface area contributed by atoms with E-state index in [0.717, 1.165) is 6.07 Å². The second-order valence-electron chi connectivity index (χ2n) is 3.46. The first-order valence-corrected chi connectivity index (χ1v) is 4.83. The minimum absolute atomic E-state index is 0.161. The number of furan rings is 1. The topological polar surface area (TPSA) is 99.4 Å². The van der Waals surface area contributed by atoms with Gasteiger partial charge in [-0.2, -0.15) is 0 Å². The molecule has 7 heteroatoms. The Morgan fingerprint density at radius 2 is 1.94 bits per heavy atom. The van der Waals surface area contributed by atoms with E-state index >= 15 is 0 Å². The summed E-state index contributed by atoms with van der Waals surface area (Å²) in [5, 5.41) is 10.6. The number of rotatable bonds is 3. The number of carbonyl (C=O) groups excluding carboxylic acids is 1. The van der Waals surface area contributed by atoms with Crippen molar-refractivity contribution in [3.05, 3.63) is 52.0 Å². The van der Waals surface area contributed by atoms with Gasteiger partial charge < -0.3 is 10.2 Å². The smallest absolute Gasteiger partial charge is 0.395 e. The van der Waals surface area contributed by atoms with E-state index in [1.165, 1.54) is 24.3 Å². The highest BCUT2D eigenvalue weighted by atomic mass is 19.1. The first-order valence-electron chi connectivity index (χ1n) is 4.83. The molecule has 1 aromatic heterocycles. The first-order chi connectivity index (χ1) is 8.49. The van der Waals surface area contributed by atoms with Crippen LogP contribution in [0.4, 0.5) is 10.3 Å². The summed E-state index contributed by atoms with van der Waals surface area (Å²) in [6.07, 6.45) is 0. The van der Waals surface area contributed by atoms with Crippen LogP contribution in [0.2, 0.25) is 0 Å². The van der Waals surface area contributed by atoms with Crippen molar-refractivity contribution < 1.29 is 18.5 Å². The molecule has 1 amide bonds. The summed E-state index contributed by atoms with van der Waals surface area (Å²) in [6, 6.07) is 6.15. The Bertz CT molecular complexity index is 618. The SMILES string of the molecule is NC(=O)c1oc([N+](=O)[O-])cc1-c1ccc(F)cc1. The molecule has 2 aromatic rings. The maximum atomic E-state index is 12.8. The number of nitrogens with zero attached hydrogens (tertiary/aromatic N) is 1. The lowest BCUT2D eigenvalue weighted by Gasteiger charge is -1.98. The summed E-state index contributed by atoms with van der Waals surface area (Å²) in [5.74, 6) is -2.31. The van der Waals surface area contributed by atoms with E-state index in [2.05, 4.69) is 0 Å². The number of hydrogen-bond donors (Lipinski definition) is 1. The Labute approximate surface area is 100.0 Å². The molecule has 18 heavy (non-hydrogen) atoms. The number of carbonyl (C=O) groups is 1. The van der Waals surface area contributed by atoms with Gasteiger partial charge in [0.2, 0.25) is 5.76 Å². The van der Waals surface area contributed by atoms with Gasteiger partial charge in [0, 0.05) is 5.56 Å². The van der Waals surface area contributed by atoms with Crippen molar-refractivity contribution in [2.45, 2.75) is 0 Å². The fourth-order valence-corrected chi connectivity index (χ4v) is 1.49. The van der Waals surface area contributed by atoms with E-state index in [1.54, 1.807) is 0 Å². The van der Waals surface area contributed by atoms with Crippen molar-refractivity contribution >= 4 is 11.8 Å². The number of nitro groups is 1. The molecule has 0 saturated carbocycles. The van der Waals surface area contributed by atoms with Gasteiger partial charge in [0.15, 0.2) is 0 Å². The summed E-state index contributed by atoms with van der Waals surface area (Å²) in [5.41, 5.74) is 5.63. The molecule has 0 radical (unpaired) electrons. The third kappa shape index (κ3) is 2.05. The molecule has 6 nitrogen and oxygen atoms in total. The molecule has 0 aliphatic rings. The van der Waals surface area contributed by atoms with E-state index in [1.807, 2.05) is 0 Å². The summed E-state index contributed by atoms with van der Waals surface area (Å²) in [7, 11) is 0. The van der Waals surface area contributed by atoms with Crippen molar-refractivity contribution in [2.24, 2.45) is 5.73 Å². The zero-order valence-electron chi connectivity index (χ0n) is 8.92. The lowest BCUT2D eigenvalue weighted by molar-refractivity contribution is -0.402. The third-order valence-electron chi connectivity index (χ3n) is 2.28. The lowest BCUT2D eigenvalue weighted by Crippen LogP contribution is -2.10. The van der Waals surface area contributed by atoms with Crippen LogP contribution in [0.5, 0.6) is 0 Å². The van der Waals surface area contributed by atoms with Crippen molar-refractivity contribution in [1.29, 1.82) is 0 Å². The molecule has 1 heterocycles. The monoisotopic (exact) mass is 250 g/mol. The van der Waals surface area contributed by atoms with Crippen LogP contribution in [-0.4, -0.2) is 10.8 Å². The minimum atomic E-state index is -0.928. The average molecular weight is 250 g/mol. The zero-order valence-corrected chi connectivity index (χ0v) is 8.92. The third-order valence-corrected chi connectivity index (χ3v) is 2.28. The van der Waals surface area contributed by atoms with Gasteiger partial charge in [-0.3, -0.25) is 14.9 Å². The normalized spacial score (nSPS) is 10.3. The Morgan fingerprint density at radius 1 is 1.33 bits per heavy atom. The summed E-state index contributed by atoms with van der Waals surface area (Å²) in [6.45, 7) is 0. The molecule has 0 bridgehead atoms. The molecule has 0 saturated heterocycles. The molecule has 2 rings (SSSR count). The van der Waals surface area contributed by atoms with E-state index < -0.39 is 22.5 Å². The average Bonchev–Trinajstić information content (AvgIpc) is 2.75. The van der Waals surface area contributed by atoms with Gasteiger partial charge in [-0.1, -0.05) is 12.1 Å². The predicted molar refractivity (Wildman–Crippen MR) is 59.3 cm³/mol. The van der Waals surface area contributed by atoms with E-state index in [0.29, 0.717) is 5.56 Å². The molecule has 0 aliphatic carbocycles. The molecule has 0 spiro atoms. The molecule has 2 N–H and O–H groups in total. The standard InChI is InChI=1S/C11H7FN2O4/c12-7-3-1-6(2-4-7)8-5-9(14(16)17)18-10(8)11(13)15/h1-5H,(H2,13,15). The van der Waals surface area contributed by atoms with Gasteiger partial charge in [-0.25, -0.2) is 4.39 Å². The van der Waals surface area contributed by atoms with Crippen molar-refractivity contribution in [2.75, 3.05) is 0 Å². The van der Waals surface area contributed by atoms with Crippen molar-refractivity contribution in [3.63, 3.8) is 0 Å². The van der Waals surface area contributed by atoms with E-state index in [-0.39, 0.29) is 11.3 Å². The highest BCUT2D eigenvalue weighted by Crippen LogP contribution is 2.30. The fraction of sp³-hybridized carbons (Fsp3) is 0. The fourth-order valence-electron chi connectivity index (χ4n) is 1.49. The quantitative estimate of drug-likeness (QED) is 0.665. The highest BCUT2D eigenvalue weighted by Gasteiger charge is 2.23. The van der Waals surface area contributed by atoms with Crippen LogP contribution in [-0.2, 0) is 0 Å². The van der Waals surface area contributed by atoms with Gasteiger partial charge in [-0.15, -0.1) is 0 Å². The molecule has 0 atom stereocenters. The maximum absolute atomic E-state index is 12.8. The molecule has 0 aliphatic heterocycles. The number of benzene rings is 1. The van der Waals surface area contributed by atoms with Crippen LogP contribution in [0.15, 0.2) is 34.7 Å². The van der Waals surface area contributed by atoms with Crippen molar-refractivity contribution in [3.8, 4) is 11.1 Å². The molecular weight excluding hydrogens is 243 g/mol. The number of nitrogens with two attached hydrogens (primary N) is 1. The lowest BCUT2D eigenvalue weighted by atomic mass is 10.1. The number of halogens is 1. The maximum Gasteiger partial charge on any atom is 0.434 e. The highest BCUT2D eigenvalue weighted by molar-refractivity contribution is 5.97. The second kappa shape index (κ2) is 4.28. The van der Waals surface area contributed by atoms with Crippen LogP contribution in [0.1, 0.15) is 10.6 Å². The summed E-state index contributed by atoms with van der Waals surface area (Å²) in [4.78, 5) is 20.9. The van der Waals surface area contributed by atoms with Gasteiger partial charge in [0.1, 0.15) is 10.7 Å². The Balaban J connectivity index is 2.58. The Morgan fingerprint density at radius 3 is 2.44 bits per heavy atom. The number of hydrogen-bond acceptors (Lipinski definition) is 4. The van der Waals surface area contributed by atoms with Crippen molar-refractivity contribution in [1.82, 2.24) is 0 Å². The summed E-state index contributed by atoms with van der Waals surface area (Å²) >= 11 is 0. The van der Waals surface area contributed by atoms with Crippen LogP contribution in [0, 0.1) is 15.9 Å². The number of primary amides is 1. The molecule has 0 unspecified atom stereocenters. The largest absolute Gasteiger partial charge is 0.434 e. The number of amides is 1. The first kappa shape index (κ1) is 11.8. The van der Waals surface area contributed by atoms with Crippen LogP contribution >= 0.6 is 0 Å². The Hall–Kier alpha value is -2.70.